The van der Waals surface area contributed by atoms with Crippen molar-refractivity contribution in [3.8, 4) is 5.75 Å². The normalized spacial score (nSPS) is 11.8. The minimum atomic E-state index is -0.540. The Kier molecular flexibility index (Phi) is 4.93. The fourth-order valence-corrected chi connectivity index (χ4v) is 1.81. The molecule has 0 aromatic heterocycles. The predicted octanol–water partition coefficient (Wildman–Crippen LogP) is 4.26. The van der Waals surface area contributed by atoms with E-state index in [1.54, 1.807) is 30.3 Å². The molecule has 2 aromatic carbocycles. The van der Waals surface area contributed by atoms with Gasteiger partial charge < -0.3 is 10.1 Å². The lowest BCUT2D eigenvalue weighted by atomic mass is 10.2. The van der Waals surface area contributed by atoms with Crippen LogP contribution in [0.1, 0.15) is 30.6 Å². The molecule has 1 N–H and O–H groups in total. The Bertz CT molecular complexity index is 628. The molecule has 110 valence electrons. The van der Waals surface area contributed by atoms with Gasteiger partial charge in [0.05, 0.1) is 11.7 Å². The van der Waals surface area contributed by atoms with Gasteiger partial charge in [-0.25, -0.2) is 4.39 Å². The first kappa shape index (κ1) is 15.0. The maximum atomic E-state index is 13.6. The van der Waals surface area contributed by atoms with Crippen molar-refractivity contribution in [2.45, 2.75) is 26.4 Å². The van der Waals surface area contributed by atoms with E-state index in [1.165, 1.54) is 12.1 Å². The first-order valence-electron chi connectivity index (χ1n) is 6.92. The monoisotopic (exact) mass is 287 g/mol. The van der Waals surface area contributed by atoms with Gasteiger partial charge in [-0.3, -0.25) is 4.79 Å². The number of amides is 1. The second-order valence-electron chi connectivity index (χ2n) is 4.80. The summed E-state index contributed by atoms with van der Waals surface area (Å²) >= 11 is 0. The average Bonchev–Trinajstić information content (AvgIpc) is 2.47. The number of ether oxygens (including phenoxy) is 1. The second-order valence-corrected chi connectivity index (χ2v) is 4.80. The topological polar surface area (TPSA) is 38.3 Å². The summed E-state index contributed by atoms with van der Waals surface area (Å²) in [6.45, 7) is 4.01. The fraction of sp³-hybridized carbons (Fsp3) is 0.235. The van der Waals surface area contributed by atoms with Crippen molar-refractivity contribution in [1.82, 2.24) is 0 Å². The Labute approximate surface area is 123 Å². The lowest BCUT2D eigenvalue weighted by Crippen LogP contribution is -2.14. The van der Waals surface area contributed by atoms with E-state index in [0.717, 1.165) is 6.42 Å². The third kappa shape index (κ3) is 4.05. The van der Waals surface area contributed by atoms with E-state index in [1.807, 2.05) is 19.9 Å². The van der Waals surface area contributed by atoms with Crippen LogP contribution in [0.2, 0.25) is 0 Å². The molecule has 0 bridgehead atoms. The summed E-state index contributed by atoms with van der Waals surface area (Å²) in [6, 6.07) is 13.0. The molecule has 2 aromatic rings. The van der Waals surface area contributed by atoms with E-state index >= 15 is 0 Å². The quantitative estimate of drug-likeness (QED) is 0.892. The van der Waals surface area contributed by atoms with Crippen LogP contribution in [0.25, 0.3) is 0 Å². The number of nitrogens with one attached hydrogen (secondary N) is 1. The Morgan fingerprint density at radius 3 is 2.71 bits per heavy atom. The zero-order chi connectivity index (χ0) is 15.2. The number of hydrogen-bond donors (Lipinski definition) is 1. The largest absolute Gasteiger partial charge is 0.491 e. The third-order valence-electron chi connectivity index (χ3n) is 3.12. The molecule has 1 unspecified atom stereocenters. The molecule has 0 saturated carbocycles. The van der Waals surface area contributed by atoms with E-state index in [4.69, 9.17) is 4.74 Å². The number of carbonyl (C=O) groups excluding carboxylic acids is 1. The molecule has 0 aliphatic carbocycles. The number of carbonyl (C=O) groups is 1. The van der Waals surface area contributed by atoms with Gasteiger partial charge in [-0.05, 0) is 37.6 Å². The fourth-order valence-electron chi connectivity index (χ4n) is 1.81. The SMILES string of the molecule is CCC(C)Oc1cccc(NC(=O)c2ccccc2F)c1. The molecule has 4 heteroatoms. The van der Waals surface area contributed by atoms with E-state index in [0.29, 0.717) is 11.4 Å². The van der Waals surface area contributed by atoms with Gasteiger partial charge in [-0.1, -0.05) is 25.1 Å². The Morgan fingerprint density at radius 2 is 2.00 bits per heavy atom. The first-order valence-corrected chi connectivity index (χ1v) is 6.92. The maximum Gasteiger partial charge on any atom is 0.258 e. The molecule has 3 nitrogen and oxygen atoms in total. The smallest absolute Gasteiger partial charge is 0.258 e. The molecule has 0 radical (unpaired) electrons. The van der Waals surface area contributed by atoms with Gasteiger partial charge in [-0.2, -0.15) is 0 Å². The third-order valence-corrected chi connectivity index (χ3v) is 3.12. The predicted molar refractivity (Wildman–Crippen MR) is 81.2 cm³/mol. The molecule has 2 rings (SSSR count). The molecule has 0 saturated heterocycles. The van der Waals surface area contributed by atoms with Crippen molar-refractivity contribution in [2.24, 2.45) is 0 Å². The van der Waals surface area contributed by atoms with Gasteiger partial charge in [0.2, 0.25) is 0 Å². The molecule has 21 heavy (non-hydrogen) atoms. The van der Waals surface area contributed by atoms with Crippen LogP contribution in [0.4, 0.5) is 10.1 Å². The summed E-state index contributed by atoms with van der Waals surface area (Å²) in [4.78, 5) is 12.0. The molecular weight excluding hydrogens is 269 g/mol. The summed E-state index contributed by atoms with van der Waals surface area (Å²) in [5.74, 6) is -0.341. The molecule has 0 heterocycles. The molecule has 1 atom stereocenters. The highest BCUT2D eigenvalue weighted by molar-refractivity contribution is 6.04. The lowest BCUT2D eigenvalue weighted by molar-refractivity contribution is 0.102. The molecule has 0 spiro atoms. The van der Waals surface area contributed by atoms with Gasteiger partial charge >= 0.3 is 0 Å². The summed E-state index contributed by atoms with van der Waals surface area (Å²) in [5.41, 5.74) is 0.592. The molecule has 0 aliphatic heterocycles. The lowest BCUT2D eigenvalue weighted by Gasteiger charge is -2.13. The van der Waals surface area contributed by atoms with Crippen LogP contribution in [0, 0.1) is 5.82 Å². The minimum Gasteiger partial charge on any atom is -0.491 e. The minimum absolute atomic E-state index is 0.0192. The summed E-state index contributed by atoms with van der Waals surface area (Å²) in [7, 11) is 0. The van der Waals surface area contributed by atoms with Crippen molar-refractivity contribution in [2.75, 3.05) is 5.32 Å². The van der Waals surface area contributed by atoms with E-state index in [2.05, 4.69) is 5.32 Å². The average molecular weight is 287 g/mol. The van der Waals surface area contributed by atoms with Crippen LogP contribution in [0.3, 0.4) is 0 Å². The maximum absolute atomic E-state index is 13.6. The zero-order valence-corrected chi connectivity index (χ0v) is 12.1. The van der Waals surface area contributed by atoms with Crippen LogP contribution in [-0.4, -0.2) is 12.0 Å². The second kappa shape index (κ2) is 6.88. The van der Waals surface area contributed by atoms with Gasteiger partial charge in [0.25, 0.3) is 5.91 Å². The van der Waals surface area contributed by atoms with Gasteiger partial charge in [0.1, 0.15) is 11.6 Å². The number of anilines is 1. The van der Waals surface area contributed by atoms with E-state index in [-0.39, 0.29) is 11.7 Å². The van der Waals surface area contributed by atoms with Crippen molar-refractivity contribution in [1.29, 1.82) is 0 Å². The van der Waals surface area contributed by atoms with Gasteiger partial charge in [-0.15, -0.1) is 0 Å². The molecule has 1 amide bonds. The molecular formula is C17H18FNO2. The number of benzene rings is 2. The Hall–Kier alpha value is -2.36. The van der Waals surface area contributed by atoms with Gasteiger partial charge in [0.15, 0.2) is 0 Å². The van der Waals surface area contributed by atoms with Crippen LogP contribution >= 0.6 is 0 Å². The van der Waals surface area contributed by atoms with Crippen molar-refractivity contribution in [3.05, 3.63) is 59.9 Å². The van der Waals surface area contributed by atoms with Crippen LogP contribution in [0.15, 0.2) is 48.5 Å². The van der Waals surface area contributed by atoms with Crippen molar-refractivity contribution in [3.63, 3.8) is 0 Å². The molecule has 0 aliphatic rings. The Morgan fingerprint density at radius 1 is 1.24 bits per heavy atom. The highest BCUT2D eigenvalue weighted by Crippen LogP contribution is 2.20. The van der Waals surface area contributed by atoms with E-state index < -0.39 is 11.7 Å². The van der Waals surface area contributed by atoms with E-state index in [9.17, 15) is 9.18 Å². The van der Waals surface area contributed by atoms with Crippen molar-refractivity contribution >= 4 is 11.6 Å². The number of rotatable bonds is 5. The number of halogens is 1. The van der Waals surface area contributed by atoms with Crippen LogP contribution in [-0.2, 0) is 0 Å². The van der Waals surface area contributed by atoms with Gasteiger partial charge in [0, 0.05) is 11.8 Å². The zero-order valence-electron chi connectivity index (χ0n) is 12.1. The highest BCUT2D eigenvalue weighted by atomic mass is 19.1. The van der Waals surface area contributed by atoms with Crippen LogP contribution < -0.4 is 10.1 Å². The number of hydrogen-bond acceptors (Lipinski definition) is 2. The standard InChI is InChI=1S/C17H18FNO2/c1-3-12(2)21-14-8-6-7-13(11-14)19-17(20)15-9-4-5-10-16(15)18/h4-12H,3H2,1-2H3,(H,19,20). The van der Waals surface area contributed by atoms with Crippen molar-refractivity contribution < 1.29 is 13.9 Å². The first-order chi connectivity index (χ1) is 10.1. The highest BCUT2D eigenvalue weighted by Gasteiger charge is 2.11. The summed E-state index contributed by atoms with van der Waals surface area (Å²) in [5, 5.41) is 2.67. The summed E-state index contributed by atoms with van der Waals surface area (Å²) < 4.78 is 19.2. The molecule has 0 fully saturated rings. The Balaban J connectivity index is 2.11. The van der Waals surface area contributed by atoms with Crippen LogP contribution in [0.5, 0.6) is 5.75 Å². The summed E-state index contributed by atoms with van der Waals surface area (Å²) in [6.07, 6.45) is 0.994.